The quantitative estimate of drug-likeness (QED) is 0.876. The summed E-state index contributed by atoms with van der Waals surface area (Å²) in [5, 5.41) is 6.11. The van der Waals surface area contributed by atoms with Crippen molar-refractivity contribution in [3.05, 3.63) is 29.8 Å². The highest BCUT2D eigenvalue weighted by molar-refractivity contribution is 5.94. The number of piperidine rings is 1. The van der Waals surface area contributed by atoms with Gasteiger partial charge in [0.2, 0.25) is 0 Å². The molecule has 2 rings (SSSR count). The molecule has 0 saturated carbocycles. The minimum absolute atomic E-state index is 0.0471. The van der Waals surface area contributed by atoms with Crippen molar-refractivity contribution in [3.63, 3.8) is 0 Å². The van der Waals surface area contributed by atoms with Crippen LogP contribution < -0.4 is 15.4 Å². The maximum absolute atomic E-state index is 12.0. The Hall–Kier alpha value is -1.69. The van der Waals surface area contributed by atoms with Gasteiger partial charge in [-0.1, -0.05) is 0 Å². The van der Waals surface area contributed by atoms with Crippen LogP contribution in [0.5, 0.6) is 5.75 Å². The standard InChI is InChI=1S/C13H16F2N2O2/c14-13(15)19-11-5-3-9(4-6-11)12(18)17-10-2-1-7-16-8-10/h3-6,10,13,16H,1-2,7-8H2,(H,17,18)/t10-/m0/s1. The van der Waals surface area contributed by atoms with Crippen molar-refractivity contribution in [2.24, 2.45) is 0 Å². The lowest BCUT2D eigenvalue weighted by atomic mass is 10.1. The number of amides is 1. The van der Waals surface area contributed by atoms with Crippen molar-refractivity contribution in [2.75, 3.05) is 13.1 Å². The zero-order valence-electron chi connectivity index (χ0n) is 10.4. The number of alkyl halides is 2. The van der Waals surface area contributed by atoms with Gasteiger partial charge in [0.25, 0.3) is 5.91 Å². The molecule has 1 amide bonds. The predicted octanol–water partition coefficient (Wildman–Crippen LogP) is 1.77. The number of hydrogen-bond donors (Lipinski definition) is 2. The van der Waals surface area contributed by atoms with Gasteiger partial charge in [-0.05, 0) is 43.7 Å². The summed E-state index contributed by atoms with van der Waals surface area (Å²) in [5.74, 6) is -0.150. The summed E-state index contributed by atoms with van der Waals surface area (Å²) < 4.78 is 28.2. The normalized spacial score (nSPS) is 19.2. The van der Waals surface area contributed by atoms with Crippen LogP contribution in [-0.2, 0) is 0 Å². The van der Waals surface area contributed by atoms with E-state index < -0.39 is 6.61 Å². The van der Waals surface area contributed by atoms with Crippen molar-refractivity contribution in [1.82, 2.24) is 10.6 Å². The van der Waals surface area contributed by atoms with Gasteiger partial charge in [0.15, 0.2) is 0 Å². The van der Waals surface area contributed by atoms with Gasteiger partial charge in [0, 0.05) is 18.2 Å². The van der Waals surface area contributed by atoms with E-state index in [0.29, 0.717) is 5.56 Å². The fraction of sp³-hybridized carbons (Fsp3) is 0.462. The summed E-state index contributed by atoms with van der Waals surface area (Å²) in [6.07, 6.45) is 1.98. The first-order valence-electron chi connectivity index (χ1n) is 6.21. The Balaban J connectivity index is 1.91. The van der Waals surface area contributed by atoms with Crippen molar-refractivity contribution >= 4 is 5.91 Å². The van der Waals surface area contributed by atoms with Gasteiger partial charge in [0.1, 0.15) is 5.75 Å². The third kappa shape index (κ3) is 4.17. The molecule has 0 unspecified atom stereocenters. The van der Waals surface area contributed by atoms with Gasteiger partial charge in [-0.2, -0.15) is 8.78 Å². The predicted molar refractivity (Wildman–Crippen MR) is 66.4 cm³/mol. The van der Waals surface area contributed by atoms with Gasteiger partial charge in [-0.25, -0.2) is 0 Å². The lowest BCUT2D eigenvalue weighted by molar-refractivity contribution is -0.0498. The van der Waals surface area contributed by atoms with Crippen molar-refractivity contribution in [2.45, 2.75) is 25.5 Å². The van der Waals surface area contributed by atoms with Gasteiger partial charge in [-0.3, -0.25) is 4.79 Å². The second-order valence-electron chi connectivity index (χ2n) is 4.42. The topological polar surface area (TPSA) is 50.4 Å². The molecule has 0 spiro atoms. The molecule has 1 aromatic rings. The van der Waals surface area contributed by atoms with Gasteiger partial charge in [0.05, 0.1) is 0 Å². The number of benzene rings is 1. The van der Waals surface area contributed by atoms with Crippen LogP contribution in [0.15, 0.2) is 24.3 Å². The summed E-state index contributed by atoms with van der Waals surface area (Å²) in [5.41, 5.74) is 0.437. The maximum Gasteiger partial charge on any atom is 0.387 e. The molecule has 1 aliphatic heterocycles. The molecular weight excluding hydrogens is 254 g/mol. The summed E-state index contributed by atoms with van der Waals surface area (Å²) in [6, 6.07) is 5.80. The molecule has 0 radical (unpaired) electrons. The zero-order chi connectivity index (χ0) is 13.7. The Morgan fingerprint density at radius 2 is 2.11 bits per heavy atom. The van der Waals surface area contributed by atoms with E-state index >= 15 is 0 Å². The molecule has 1 heterocycles. The van der Waals surface area contributed by atoms with E-state index in [2.05, 4.69) is 15.4 Å². The fourth-order valence-electron chi connectivity index (χ4n) is 2.03. The first-order valence-corrected chi connectivity index (χ1v) is 6.21. The van der Waals surface area contributed by atoms with Crippen LogP contribution in [-0.4, -0.2) is 31.7 Å². The highest BCUT2D eigenvalue weighted by Gasteiger charge is 2.16. The average molecular weight is 270 g/mol. The molecule has 104 valence electrons. The molecule has 0 bridgehead atoms. The van der Waals surface area contributed by atoms with Crippen LogP contribution in [0, 0.1) is 0 Å². The summed E-state index contributed by atoms with van der Waals surface area (Å²) in [6.45, 7) is -1.11. The smallest absolute Gasteiger partial charge is 0.387 e. The molecule has 1 atom stereocenters. The van der Waals surface area contributed by atoms with E-state index in [0.717, 1.165) is 25.9 Å². The van der Waals surface area contributed by atoms with Crippen molar-refractivity contribution < 1.29 is 18.3 Å². The lowest BCUT2D eigenvalue weighted by Crippen LogP contribution is -2.45. The molecule has 0 aromatic heterocycles. The Kier molecular flexibility index (Phi) is 4.68. The highest BCUT2D eigenvalue weighted by atomic mass is 19.3. The third-order valence-corrected chi connectivity index (χ3v) is 2.97. The summed E-state index contributed by atoms with van der Waals surface area (Å²) >= 11 is 0. The minimum Gasteiger partial charge on any atom is -0.435 e. The number of carbonyl (C=O) groups is 1. The highest BCUT2D eigenvalue weighted by Crippen LogP contribution is 2.15. The Labute approximate surface area is 110 Å². The average Bonchev–Trinajstić information content (AvgIpc) is 2.40. The largest absolute Gasteiger partial charge is 0.435 e. The number of hydrogen-bond acceptors (Lipinski definition) is 3. The lowest BCUT2D eigenvalue weighted by Gasteiger charge is -2.23. The Bertz CT molecular complexity index is 417. The van der Waals surface area contributed by atoms with Crippen molar-refractivity contribution in [3.8, 4) is 5.75 Å². The Morgan fingerprint density at radius 1 is 1.37 bits per heavy atom. The minimum atomic E-state index is -2.85. The van der Waals surface area contributed by atoms with Gasteiger partial charge >= 0.3 is 6.61 Å². The number of halogens is 2. The van der Waals surface area contributed by atoms with Crippen LogP contribution in [0.25, 0.3) is 0 Å². The van der Waals surface area contributed by atoms with Crippen LogP contribution in [0.2, 0.25) is 0 Å². The van der Waals surface area contributed by atoms with Crippen LogP contribution in [0.4, 0.5) is 8.78 Å². The van der Waals surface area contributed by atoms with Crippen LogP contribution in [0.3, 0.4) is 0 Å². The van der Waals surface area contributed by atoms with Crippen LogP contribution >= 0.6 is 0 Å². The van der Waals surface area contributed by atoms with E-state index in [1.807, 2.05) is 0 Å². The Morgan fingerprint density at radius 3 is 2.68 bits per heavy atom. The molecule has 1 aliphatic rings. The third-order valence-electron chi connectivity index (χ3n) is 2.97. The molecule has 2 N–H and O–H groups in total. The summed E-state index contributed by atoms with van der Waals surface area (Å²) in [4.78, 5) is 11.9. The molecule has 1 aromatic carbocycles. The number of nitrogens with one attached hydrogen (secondary N) is 2. The molecule has 0 aliphatic carbocycles. The van der Waals surface area contributed by atoms with Crippen LogP contribution in [0.1, 0.15) is 23.2 Å². The number of ether oxygens (including phenoxy) is 1. The van der Waals surface area contributed by atoms with Crippen molar-refractivity contribution in [1.29, 1.82) is 0 Å². The molecule has 1 fully saturated rings. The first-order chi connectivity index (χ1) is 9.15. The van der Waals surface area contributed by atoms with E-state index in [4.69, 9.17) is 0 Å². The first kappa shape index (κ1) is 13.7. The molecule has 19 heavy (non-hydrogen) atoms. The second-order valence-corrected chi connectivity index (χ2v) is 4.42. The molecular formula is C13H16F2N2O2. The monoisotopic (exact) mass is 270 g/mol. The molecule has 1 saturated heterocycles. The van der Waals surface area contributed by atoms with Gasteiger partial charge in [-0.15, -0.1) is 0 Å². The van der Waals surface area contributed by atoms with Gasteiger partial charge < -0.3 is 15.4 Å². The summed E-state index contributed by atoms with van der Waals surface area (Å²) in [7, 11) is 0. The fourth-order valence-corrected chi connectivity index (χ4v) is 2.03. The van der Waals surface area contributed by atoms with E-state index in [1.165, 1.54) is 24.3 Å². The molecule has 6 heteroatoms. The molecule has 4 nitrogen and oxygen atoms in total. The zero-order valence-corrected chi connectivity index (χ0v) is 10.4. The van der Waals surface area contributed by atoms with E-state index in [-0.39, 0.29) is 17.7 Å². The van der Waals surface area contributed by atoms with E-state index in [1.54, 1.807) is 0 Å². The van der Waals surface area contributed by atoms with E-state index in [9.17, 15) is 13.6 Å². The number of rotatable bonds is 4. The second kappa shape index (κ2) is 6.47. The maximum atomic E-state index is 12.0. The number of carbonyl (C=O) groups excluding carboxylic acids is 1. The SMILES string of the molecule is O=C(N[C@H]1CCCNC1)c1ccc(OC(F)F)cc1.